The summed E-state index contributed by atoms with van der Waals surface area (Å²) in [7, 11) is 0. The molecule has 2 aromatic rings. The van der Waals surface area contributed by atoms with Crippen LogP contribution in [-0.4, -0.2) is 54.5 Å². The molecule has 0 aliphatic carbocycles. The highest BCUT2D eigenvalue weighted by Crippen LogP contribution is 2.14. The van der Waals surface area contributed by atoms with Gasteiger partial charge >= 0.3 is 5.97 Å². The number of esters is 1. The standard InChI is InChI=1S/C24H29N3O6S/c1-16(23(30)26-19-11-9-18(10-12-19)25-17(2)28)33-24(31)21(13-14-34-3)27-22(29)15-32-20-7-5-4-6-8-20/h4-12,16,21H,13-15H2,1-3H3,(H,25,28)(H,26,30)(H,27,29)/t16-,21-/m1/s1. The molecule has 0 radical (unpaired) electrons. The van der Waals surface area contributed by atoms with E-state index in [1.165, 1.54) is 25.6 Å². The van der Waals surface area contributed by atoms with Crippen molar-refractivity contribution in [3.05, 3.63) is 54.6 Å². The molecule has 0 aliphatic heterocycles. The van der Waals surface area contributed by atoms with E-state index in [4.69, 9.17) is 9.47 Å². The summed E-state index contributed by atoms with van der Waals surface area (Å²) in [5, 5.41) is 7.90. The number of benzene rings is 2. The molecule has 0 aliphatic rings. The van der Waals surface area contributed by atoms with Gasteiger partial charge in [0.15, 0.2) is 12.7 Å². The van der Waals surface area contributed by atoms with Gasteiger partial charge in [-0.25, -0.2) is 4.79 Å². The lowest BCUT2D eigenvalue weighted by molar-refractivity contribution is -0.156. The average Bonchev–Trinajstić information content (AvgIpc) is 2.81. The van der Waals surface area contributed by atoms with Crippen LogP contribution in [0.4, 0.5) is 11.4 Å². The topological polar surface area (TPSA) is 123 Å². The van der Waals surface area contributed by atoms with Crippen molar-refractivity contribution in [1.82, 2.24) is 5.32 Å². The second-order valence-corrected chi connectivity index (χ2v) is 8.32. The Hall–Kier alpha value is -3.53. The van der Waals surface area contributed by atoms with Crippen molar-refractivity contribution in [3.8, 4) is 5.75 Å². The van der Waals surface area contributed by atoms with E-state index in [-0.39, 0.29) is 12.5 Å². The number of amides is 3. The van der Waals surface area contributed by atoms with Crippen LogP contribution in [0.25, 0.3) is 0 Å². The van der Waals surface area contributed by atoms with Gasteiger partial charge in [-0.1, -0.05) is 18.2 Å². The van der Waals surface area contributed by atoms with E-state index in [1.807, 2.05) is 12.3 Å². The van der Waals surface area contributed by atoms with E-state index in [0.717, 1.165) is 0 Å². The Balaban J connectivity index is 1.89. The molecule has 182 valence electrons. The fourth-order valence-corrected chi connectivity index (χ4v) is 3.25. The van der Waals surface area contributed by atoms with Gasteiger partial charge in [-0.05, 0) is 61.8 Å². The third-order valence-corrected chi connectivity index (χ3v) is 5.12. The minimum Gasteiger partial charge on any atom is -0.484 e. The largest absolute Gasteiger partial charge is 0.484 e. The minimum atomic E-state index is -1.09. The maximum absolute atomic E-state index is 12.7. The number of nitrogens with one attached hydrogen (secondary N) is 3. The van der Waals surface area contributed by atoms with Crippen molar-refractivity contribution in [2.75, 3.05) is 29.2 Å². The molecule has 9 nitrogen and oxygen atoms in total. The Bertz CT molecular complexity index is 968. The van der Waals surface area contributed by atoms with Gasteiger partial charge < -0.3 is 25.4 Å². The van der Waals surface area contributed by atoms with Crippen molar-refractivity contribution < 1.29 is 28.7 Å². The van der Waals surface area contributed by atoms with Crippen LogP contribution >= 0.6 is 11.8 Å². The van der Waals surface area contributed by atoms with Gasteiger partial charge in [0.1, 0.15) is 11.8 Å². The Kier molecular flexibility index (Phi) is 10.9. The van der Waals surface area contributed by atoms with Gasteiger partial charge in [0, 0.05) is 18.3 Å². The second-order valence-electron chi connectivity index (χ2n) is 7.33. The number of hydrogen-bond acceptors (Lipinski definition) is 7. The molecular formula is C24H29N3O6S. The van der Waals surface area contributed by atoms with Crippen molar-refractivity contribution in [2.24, 2.45) is 0 Å². The van der Waals surface area contributed by atoms with Gasteiger partial charge in [0.05, 0.1) is 0 Å². The van der Waals surface area contributed by atoms with Crippen LogP contribution in [-0.2, 0) is 23.9 Å². The van der Waals surface area contributed by atoms with Crippen LogP contribution in [0.1, 0.15) is 20.3 Å². The molecule has 0 spiro atoms. The molecule has 3 N–H and O–H groups in total. The van der Waals surface area contributed by atoms with Crippen LogP contribution in [0.15, 0.2) is 54.6 Å². The molecule has 0 saturated carbocycles. The van der Waals surface area contributed by atoms with Crippen molar-refractivity contribution in [1.29, 1.82) is 0 Å². The summed E-state index contributed by atoms with van der Waals surface area (Å²) in [6.45, 7) is 2.60. The molecular weight excluding hydrogens is 458 g/mol. The molecule has 0 fully saturated rings. The smallest absolute Gasteiger partial charge is 0.329 e. The van der Waals surface area contributed by atoms with Gasteiger partial charge in [-0.15, -0.1) is 0 Å². The Labute approximate surface area is 203 Å². The summed E-state index contributed by atoms with van der Waals surface area (Å²) in [6.07, 6.45) is 1.14. The van der Waals surface area contributed by atoms with Crippen molar-refractivity contribution >= 4 is 46.8 Å². The third kappa shape index (κ3) is 9.53. The zero-order chi connectivity index (χ0) is 24.9. The first-order chi connectivity index (χ1) is 16.3. The molecule has 2 atom stereocenters. The third-order valence-electron chi connectivity index (χ3n) is 4.48. The maximum atomic E-state index is 12.7. The molecule has 34 heavy (non-hydrogen) atoms. The Morgan fingerprint density at radius 2 is 1.56 bits per heavy atom. The maximum Gasteiger partial charge on any atom is 0.329 e. The highest BCUT2D eigenvalue weighted by atomic mass is 32.2. The number of carbonyl (C=O) groups excluding carboxylic acids is 4. The monoisotopic (exact) mass is 487 g/mol. The normalized spacial score (nSPS) is 12.1. The fourth-order valence-electron chi connectivity index (χ4n) is 2.78. The van der Waals surface area contributed by atoms with Crippen molar-refractivity contribution in [2.45, 2.75) is 32.4 Å². The molecule has 0 heterocycles. The number of thioether (sulfide) groups is 1. The lowest BCUT2D eigenvalue weighted by Gasteiger charge is -2.20. The molecule has 2 rings (SSSR count). The quantitative estimate of drug-likeness (QED) is 0.394. The summed E-state index contributed by atoms with van der Waals surface area (Å²) in [5.41, 5.74) is 1.07. The van der Waals surface area contributed by atoms with Gasteiger partial charge in [0.2, 0.25) is 5.91 Å². The number of para-hydroxylation sites is 1. The number of carbonyl (C=O) groups is 4. The van der Waals surface area contributed by atoms with Gasteiger partial charge in [-0.3, -0.25) is 14.4 Å². The van der Waals surface area contributed by atoms with Crippen LogP contribution in [0.2, 0.25) is 0 Å². The van der Waals surface area contributed by atoms with Crippen LogP contribution < -0.4 is 20.7 Å². The molecule has 3 amide bonds. The molecule has 2 aromatic carbocycles. The van der Waals surface area contributed by atoms with Crippen LogP contribution in [0.3, 0.4) is 0 Å². The van der Waals surface area contributed by atoms with Crippen LogP contribution in [0, 0.1) is 0 Å². The Morgan fingerprint density at radius 3 is 2.15 bits per heavy atom. The average molecular weight is 488 g/mol. The minimum absolute atomic E-state index is 0.202. The van der Waals surface area contributed by atoms with Crippen molar-refractivity contribution in [3.63, 3.8) is 0 Å². The predicted octanol–water partition coefficient (Wildman–Crippen LogP) is 2.83. The lowest BCUT2D eigenvalue weighted by Crippen LogP contribution is -2.46. The van der Waals surface area contributed by atoms with Crippen LogP contribution in [0.5, 0.6) is 5.75 Å². The number of ether oxygens (including phenoxy) is 2. The molecule has 10 heteroatoms. The lowest BCUT2D eigenvalue weighted by atomic mass is 10.2. The molecule has 0 saturated heterocycles. The van der Waals surface area contributed by atoms with E-state index in [0.29, 0.717) is 29.3 Å². The first-order valence-corrected chi connectivity index (χ1v) is 12.0. The highest BCUT2D eigenvalue weighted by molar-refractivity contribution is 7.98. The summed E-state index contributed by atoms with van der Waals surface area (Å²) in [4.78, 5) is 48.5. The van der Waals surface area contributed by atoms with E-state index < -0.39 is 29.9 Å². The highest BCUT2D eigenvalue weighted by Gasteiger charge is 2.26. The second kappa shape index (κ2) is 13.9. The zero-order valence-corrected chi connectivity index (χ0v) is 20.1. The fraction of sp³-hybridized carbons (Fsp3) is 0.333. The summed E-state index contributed by atoms with van der Waals surface area (Å²) in [5.74, 6) is -0.749. The van der Waals surface area contributed by atoms with E-state index in [1.54, 1.807) is 48.5 Å². The predicted molar refractivity (Wildman–Crippen MR) is 132 cm³/mol. The molecule has 0 aromatic heterocycles. The molecule has 0 unspecified atom stereocenters. The first kappa shape index (κ1) is 26.7. The number of hydrogen-bond donors (Lipinski definition) is 3. The van der Waals surface area contributed by atoms with E-state index in [9.17, 15) is 19.2 Å². The van der Waals surface area contributed by atoms with E-state index >= 15 is 0 Å². The van der Waals surface area contributed by atoms with Gasteiger partial charge in [-0.2, -0.15) is 11.8 Å². The number of rotatable bonds is 12. The SMILES string of the molecule is CSCC[C@@H](NC(=O)COc1ccccc1)C(=O)O[C@H](C)C(=O)Nc1ccc(NC(C)=O)cc1. The molecule has 0 bridgehead atoms. The Morgan fingerprint density at radius 1 is 0.941 bits per heavy atom. The first-order valence-electron chi connectivity index (χ1n) is 10.6. The number of anilines is 2. The zero-order valence-electron chi connectivity index (χ0n) is 19.3. The van der Waals surface area contributed by atoms with Gasteiger partial charge in [0.25, 0.3) is 11.8 Å². The summed E-state index contributed by atoms with van der Waals surface area (Å²) >= 11 is 1.52. The van der Waals surface area contributed by atoms with E-state index in [2.05, 4.69) is 16.0 Å². The summed E-state index contributed by atoms with van der Waals surface area (Å²) in [6, 6.07) is 14.5. The summed E-state index contributed by atoms with van der Waals surface area (Å²) < 4.78 is 10.7.